The summed E-state index contributed by atoms with van der Waals surface area (Å²) in [5.41, 5.74) is 0. The quantitative estimate of drug-likeness (QED) is 0.258. The second-order valence-corrected chi connectivity index (χ2v) is 7.20. The summed E-state index contributed by atoms with van der Waals surface area (Å²) in [4.78, 5) is 0. The highest BCUT2D eigenvalue weighted by Gasteiger charge is 2.31. The summed E-state index contributed by atoms with van der Waals surface area (Å²) >= 11 is 0. The Balaban J connectivity index is 0. The molecule has 0 bridgehead atoms. The standard InChI is InChI=1S/C20H44NO.ClH/c1-5-8-11-14-17-21(20(4)22,18-15-12-9-6-2)19-16-13-10-7-3;/h20,22H,5-19H2,1-4H3;1H/q+1;/p-1. The third-order valence-electron chi connectivity index (χ3n) is 5.16. The van der Waals surface area contributed by atoms with Crippen LogP contribution in [0.1, 0.15) is 105 Å². The van der Waals surface area contributed by atoms with E-state index in [1.165, 1.54) is 96.7 Å². The number of hydrogen-bond acceptors (Lipinski definition) is 1. The van der Waals surface area contributed by atoms with E-state index in [4.69, 9.17) is 0 Å². The third-order valence-corrected chi connectivity index (χ3v) is 5.16. The first-order chi connectivity index (χ1) is 10.6. The number of aliphatic hydroxyl groups excluding tert-OH is 1. The summed E-state index contributed by atoms with van der Waals surface area (Å²) in [5.74, 6) is 0. The van der Waals surface area contributed by atoms with Gasteiger partial charge in [-0.15, -0.1) is 0 Å². The number of rotatable bonds is 16. The molecule has 1 unspecified atom stereocenters. The van der Waals surface area contributed by atoms with Gasteiger partial charge in [-0.25, -0.2) is 0 Å². The SMILES string of the molecule is CCCCCC[N+](CCCCCC)(CCCCCC)C(C)O.[Cl-]. The predicted octanol–water partition coefficient (Wildman–Crippen LogP) is 2.89. The van der Waals surface area contributed by atoms with Gasteiger partial charge in [0.25, 0.3) is 0 Å². The maximum Gasteiger partial charge on any atom is 0.187 e. The zero-order chi connectivity index (χ0) is 16.7. The van der Waals surface area contributed by atoms with Crippen LogP contribution in [-0.2, 0) is 0 Å². The van der Waals surface area contributed by atoms with Crippen molar-refractivity contribution in [3.63, 3.8) is 0 Å². The van der Waals surface area contributed by atoms with Gasteiger partial charge < -0.3 is 17.5 Å². The fraction of sp³-hybridized carbons (Fsp3) is 1.00. The van der Waals surface area contributed by atoms with E-state index in [9.17, 15) is 5.11 Å². The Morgan fingerprint density at radius 3 is 1.13 bits per heavy atom. The largest absolute Gasteiger partial charge is 1.00 e. The Hall–Kier alpha value is 0.210. The smallest absolute Gasteiger partial charge is 0.187 e. The molecular weight excluding hydrogens is 306 g/mol. The van der Waals surface area contributed by atoms with E-state index in [2.05, 4.69) is 20.8 Å². The monoisotopic (exact) mass is 349 g/mol. The van der Waals surface area contributed by atoms with Gasteiger partial charge >= 0.3 is 0 Å². The normalized spacial score (nSPS) is 12.9. The molecule has 0 aromatic carbocycles. The lowest BCUT2D eigenvalue weighted by atomic mass is 10.1. The molecule has 142 valence electrons. The number of quaternary nitrogens is 1. The van der Waals surface area contributed by atoms with Gasteiger partial charge in [0.05, 0.1) is 19.6 Å². The van der Waals surface area contributed by atoms with Crippen molar-refractivity contribution in [2.24, 2.45) is 0 Å². The average Bonchev–Trinajstić information content (AvgIpc) is 2.51. The van der Waals surface area contributed by atoms with Crippen LogP contribution in [0.25, 0.3) is 0 Å². The first-order valence-corrected chi connectivity index (χ1v) is 10.2. The van der Waals surface area contributed by atoms with Crippen LogP contribution < -0.4 is 12.4 Å². The zero-order valence-corrected chi connectivity index (χ0v) is 17.2. The molecule has 0 aliphatic rings. The van der Waals surface area contributed by atoms with E-state index >= 15 is 0 Å². The number of aliphatic hydroxyl groups is 1. The summed E-state index contributed by atoms with van der Waals surface area (Å²) in [7, 11) is 0. The van der Waals surface area contributed by atoms with Gasteiger partial charge in [-0.3, -0.25) is 4.48 Å². The van der Waals surface area contributed by atoms with Crippen molar-refractivity contribution in [2.75, 3.05) is 19.6 Å². The second kappa shape index (κ2) is 17.0. The van der Waals surface area contributed by atoms with Crippen molar-refractivity contribution in [3.05, 3.63) is 0 Å². The van der Waals surface area contributed by atoms with Crippen LogP contribution in [0.5, 0.6) is 0 Å². The summed E-state index contributed by atoms with van der Waals surface area (Å²) in [6.07, 6.45) is 15.5. The van der Waals surface area contributed by atoms with Gasteiger partial charge in [0.2, 0.25) is 0 Å². The minimum atomic E-state index is -0.204. The Morgan fingerprint density at radius 1 is 0.609 bits per heavy atom. The van der Waals surface area contributed by atoms with Crippen LogP contribution in [0, 0.1) is 0 Å². The minimum Gasteiger partial charge on any atom is -1.00 e. The summed E-state index contributed by atoms with van der Waals surface area (Å²) in [6, 6.07) is 0. The minimum absolute atomic E-state index is 0. The molecule has 0 radical (unpaired) electrons. The summed E-state index contributed by atoms with van der Waals surface area (Å²) < 4.78 is 0.955. The van der Waals surface area contributed by atoms with E-state index < -0.39 is 0 Å². The molecule has 0 aliphatic heterocycles. The molecule has 0 amide bonds. The molecule has 0 heterocycles. The predicted molar refractivity (Wildman–Crippen MR) is 99.0 cm³/mol. The van der Waals surface area contributed by atoms with Crippen molar-refractivity contribution in [3.8, 4) is 0 Å². The van der Waals surface area contributed by atoms with Crippen LogP contribution in [-0.4, -0.2) is 35.5 Å². The second-order valence-electron chi connectivity index (χ2n) is 7.20. The van der Waals surface area contributed by atoms with Crippen molar-refractivity contribution in [1.29, 1.82) is 0 Å². The molecule has 0 saturated heterocycles. The Kier molecular flexibility index (Phi) is 18.9. The molecule has 0 aromatic heterocycles. The topological polar surface area (TPSA) is 20.2 Å². The number of halogens is 1. The fourth-order valence-corrected chi connectivity index (χ4v) is 3.46. The van der Waals surface area contributed by atoms with Crippen LogP contribution in [0.3, 0.4) is 0 Å². The number of nitrogens with zero attached hydrogens (tertiary/aromatic N) is 1. The summed E-state index contributed by atoms with van der Waals surface area (Å²) in [5, 5.41) is 10.5. The van der Waals surface area contributed by atoms with E-state index in [1.807, 2.05) is 6.92 Å². The van der Waals surface area contributed by atoms with Crippen molar-refractivity contribution in [2.45, 2.75) is 111 Å². The van der Waals surface area contributed by atoms with Crippen LogP contribution in [0.15, 0.2) is 0 Å². The Morgan fingerprint density at radius 2 is 0.913 bits per heavy atom. The van der Waals surface area contributed by atoms with Gasteiger partial charge in [0, 0.05) is 6.92 Å². The highest BCUT2D eigenvalue weighted by atomic mass is 35.5. The third kappa shape index (κ3) is 12.3. The average molecular weight is 350 g/mol. The van der Waals surface area contributed by atoms with Crippen molar-refractivity contribution >= 4 is 0 Å². The maximum absolute atomic E-state index is 10.5. The number of hydrogen-bond donors (Lipinski definition) is 1. The fourth-order valence-electron chi connectivity index (χ4n) is 3.46. The van der Waals surface area contributed by atoms with Crippen LogP contribution in [0.4, 0.5) is 0 Å². The van der Waals surface area contributed by atoms with Gasteiger partial charge in [0.15, 0.2) is 6.23 Å². The molecule has 0 saturated carbocycles. The van der Waals surface area contributed by atoms with Crippen LogP contribution >= 0.6 is 0 Å². The van der Waals surface area contributed by atoms with E-state index in [0.29, 0.717) is 0 Å². The van der Waals surface area contributed by atoms with Gasteiger partial charge in [0.1, 0.15) is 0 Å². The lowest BCUT2D eigenvalue weighted by molar-refractivity contribution is -0.969. The summed E-state index contributed by atoms with van der Waals surface area (Å²) in [6.45, 7) is 12.4. The first-order valence-electron chi connectivity index (χ1n) is 10.2. The van der Waals surface area contributed by atoms with Crippen molar-refractivity contribution < 1.29 is 22.0 Å². The maximum atomic E-state index is 10.5. The number of unbranched alkanes of at least 4 members (excludes halogenated alkanes) is 9. The van der Waals surface area contributed by atoms with Crippen molar-refractivity contribution in [1.82, 2.24) is 0 Å². The molecule has 0 rings (SSSR count). The van der Waals surface area contributed by atoms with Gasteiger partial charge in [-0.2, -0.15) is 0 Å². The lowest BCUT2D eigenvalue weighted by Crippen LogP contribution is -3.00. The zero-order valence-electron chi connectivity index (χ0n) is 16.5. The van der Waals surface area contributed by atoms with Crippen LogP contribution in [0.2, 0.25) is 0 Å². The van der Waals surface area contributed by atoms with E-state index in [1.54, 1.807) is 0 Å². The molecule has 0 spiro atoms. The van der Waals surface area contributed by atoms with Gasteiger partial charge in [-0.1, -0.05) is 59.3 Å². The Labute approximate surface area is 153 Å². The molecule has 0 fully saturated rings. The molecular formula is C20H44ClNO. The van der Waals surface area contributed by atoms with E-state index in [0.717, 1.165) is 4.48 Å². The Bertz CT molecular complexity index is 202. The molecule has 1 N–H and O–H groups in total. The molecule has 1 atom stereocenters. The highest BCUT2D eigenvalue weighted by Crippen LogP contribution is 2.20. The molecule has 23 heavy (non-hydrogen) atoms. The first kappa shape index (κ1) is 25.5. The molecule has 3 heteroatoms. The van der Waals surface area contributed by atoms with E-state index in [-0.39, 0.29) is 18.6 Å². The van der Waals surface area contributed by atoms with Gasteiger partial charge in [-0.05, 0) is 38.5 Å². The lowest BCUT2D eigenvalue weighted by Gasteiger charge is -2.41. The molecule has 0 aliphatic carbocycles. The molecule has 2 nitrogen and oxygen atoms in total. The highest BCUT2D eigenvalue weighted by molar-refractivity contribution is 4.52. The molecule has 0 aromatic rings.